The lowest BCUT2D eigenvalue weighted by Crippen LogP contribution is -2.16. The summed E-state index contributed by atoms with van der Waals surface area (Å²) in [6.45, 7) is 0.727. The second kappa shape index (κ2) is 4.68. The number of fused-ring (bicyclic) bond motifs is 4. The number of hydrogen-bond donors (Lipinski definition) is 1. The molecule has 4 heteroatoms. The molecule has 0 unspecified atom stereocenters. The minimum atomic E-state index is 0.727. The molecule has 0 aliphatic carbocycles. The van der Waals surface area contributed by atoms with Crippen molar-refractivity contribution in [2.24, 2.45) is 0 Å². The molecule has 2 aromatic carbocycles. The Morgan fingerprint density at radius 1 is 0.870 bits per heavy atom. The number of pyridine rings is 2. The van der Waals surface area contributed by atoms with E-state index in [2.05, 4.69) is 44.5 Å². The summed E-state index contributed by atoms with van der Waals surface area (Å²) in [5.74, 6) is 0. The topological polar surface area (TPSA) is 41.1 Å². The molecular weight excluding hydrogens is 284 g/mol. The number of aromatic nitrogens is 2. The van der Waals surface area contributed by atoms with Gasteiger partial charge in [0.1, 0.15) is 0 Å². The van der Waals surface area contributed by atoms with E-state index in [1.54, 1.807) is 0 Å². The van der Waals surface area contributed by atoms with Crippen LogP contribution < -0.4 is 10.2 Å². The summed E-state index contributed by atoms with van der Waals surface area (Å²) >= 11 is 0. The molecule has 4 aromatic rings. The van der Waals surface area contributed by atoms with E-state index < -0.39 is 0 Å². The zero-order chi connectivity index (χ0) is 15.2. The summed E-state index contributed by atoms with van der Waals surface area (Å²) in [7, 11) is 0. The molecule has 110 valence electrons. The van der Waals surface area contributed by atoms with Gasteiger partial charge in [-0.2, -0.15) is 0 Å². The average Bonchev–Trinajstić information content (AvgIpc) is 3.06. The maximum absolute atomic E-state index is 4.59. The number of benzene rings is 2. The predicted molar refractivity (Wildman–Crippen MR) is 94.1 cm³/mol. The van der Waals surface area contributed by atoms with Crippen molar-refractivity contribution >= 4 is 38.9 Å². The van der Waals surface area contributed by atoms with Crippen molar-refractivity contribution in [1.82, 2.24) is 9.97 Å². The summed E-state index contributed by atoms with van der Waals surface area (Å²) in [4.78, 5) is 11.4. The Morgan fingerprint density at radius 3 is 2.61 bits per heavy atom. The third-order valence-corrected chi connectivity index (χ3v) is 4.33. The summed E-state index contributed by atoms with van der Waals surface area (Å²) in [6.07, 6.45) is 3.85. The summed E-state index contributed by atoms with van der Waals surface area (Å²) < 4.78 is 0. The third-order valence-electron chi connectivity index (χ3n) is 4.33. The van der Waals surface area contributed by atoms with Crippen LogP contribution in [0.5, 0.6) is 0 Å². The van der Waals surface area contributed by atoms with Crippen LogP contribution in [0.2, 0.25) is 0 Å². The van der Waals surface area contributed by atoms with Gasteiger partial charge in [0.05, 0.1) is 47.2 Å². The summed E-state index contributed by atoms with van der Waals surface area (Å²) in [5.41, 5.74) is 5.35. The second-order valence-corrected chi connectivity index (χ2v) is 5.69. The molecule has 3 heterocycles. The van der Waals surface area contributed by atoms with Crippen molar-refractivity contribution in [3.63, 3.8) is 0 Å². The van der Waals surface area contributed by atoms with Crippen LogP contribution in [0.3, 0.4) is 0 Å². The average molecular weight is 298 g/mol. The van der Waals surface area contributed by atoms with Gasteiger partial charge in [-0.05, 0) is 18.2 Å². The minimum absolute atomic E-state index is 0.727. The highest BCUT2D eigenvalue weighted by molar-refractivity contribution is 6.02. The first-order valence-electron chi connectivity index (χ1n) is 7.64. The Kier molecular flexibility index (Phi) is 2.52. The zero-order valence-corrected chi connectivity index (χ0v) is 12.4. The van der Waals surface area contributed by atoms with Gasteiger partial charge < -0.3 is 10.2 Å². The van der Waals surface area contributed by atoms with E-state index in [-0.39, 0.29) is 0 Å². The molecule has 0 fully saturated rings. The maximum Gasteiger partial charge on any atom is 0.0928 e. The molecular formula is C19H14N4. The Balaban J connectivity index is 1.72. The first-order chi connectivity index (χ1) is 11.4. The maximum atomic E-state index is 4.59. The van der Waals surface area contributed by atoms with Crippen molar-refractivity contribution < 1.29 is 0 Å². The molecule has 0 amide bonds. The molecule has 0 saturated heterocycles. The molecule has 4 nitrogen and oxygen atoms in total. The van der Waals surface area contributed by atoms with Crippen LogP contribution in [0.4, 0.5) is 17.1 Å². The third kappa shape index (κ3) is 1.85. The van der Waals surface area contributed by atoms with Crippen molar-refractivity contribution in [2.75, 3.05) is 16.9 Å². The van der Waals surface area contributed by atoms with Crippen molar-refractivity contribution in [3.8, 4) is 0 Å². The molecule has 2 aromatic heterocycles. The fraction of sp³-hybridized carbons (Fsp3) is 0.0526. The van der Waals surface area contributed by atoms with Crippen LogP contribution in [-0.2, 0) is 0 Å². The SMILES string of the molecule is c1ccc2ncc(N3CNc4cnc5ccccc5c43)cc2c1. The number of nitrogens with zero attached hydrogens (tertiary/aromatic N) is 3. The number of hydrogen-bond acceptors (Lipinski definition) is 4. The van der Waals surface area contributed by atoms with Gasteiger partial charge >= 0.3 is 0 Å². The summed E-state index contributed by atoms with van der Waals surface area (Å²) in [5, 5.41) is 5.73. The Morgan fingerprint density at radius 2 is 1.65 bits per heavy atom. The van der Waals surface area contributed by atoms with Gasteiger partial charge in [-0.1, -0.05) is 36.4 Å². The monoisotopic (exact) mass is 298 g/mol. The Labute approximate surface area is 133 Å². The van der Waals surface area contributed by atoms with Gasteiger partial charge in [-0.25, -0.2) is 0 Å². The highest BCUT2D eigenvalue weighted by Crippen LogP contribution is 2.41. The van der Waals surface area contributed by atoms with E-state index in [9.17, 15) is 0 Å². The van der Waals surface area contributed by atoms with Crippen LogP contribution in [0.1, 0.15) is 0 Å². The molecule has 0 saturated carbocycles. The van der Waals surface area contributed by atoms with Crippen molar-refractivity contribution in [1.29, 1.82) is 0 Å². The largest absolute Gasteiger partial charge is 0.364 e. The first kappa shape index (κ1) is 12.4. The van der Waals surface area contributed by atoms with Gasteiger partial charge in [-0.3, -0.25) is 9.97 Å². The Hall–Kier alpha value is -3.14. The van der Waals surface area contributed by atoms with Gasteiger partial charge in [-0.15, -0.1) is 0 Å². The molecule has 0 bridgehead atoms. The van der Waals surface area contributed by atoms with E-state index in [0.29, 0.717) is 0 Å². The van der Waals surface area contributed by atoms with E-state index >= 15 is 0 Å². The highest BCUT2D eigenvalue weighted by Gasteiger charge is 2.23. The highest BCUT2D eigenvalue weighted by atomic mass is 15.3. The molecule has 0 atom stereocenters. The van der Waals surface area contributed by atoms with E-state index in [0.717, 1.165) is 39.8 Å². The van der Waals surface area contributed by atoms with Crippen LogP contribution in [0.15, 0.2) is 67.0 Å². The van der Waals surface area contributed by atoms with E-state index in [4.69, 9.17) is 0 Å². The lowest BCUT2D eigenvalue weighted by atomic mass is 10.1. The van der Waals surface area contributed by atoms with Gasteiger partial charge in [0, 0.05) is 10.8 Å². The van der Waals surface area contributed by atoms with Gasteiger partial charge in [0.15, 0.2) is 0 Å². The fourth-order valence-corrected chi connectivity index (χ4v) is 3.22. The van der Waals surface area contributed by atoms with E-state index in [1.807, 2.05) is 42.7 Å². The number of anilines is 3. The lowest BCUT2D eigenvalue weighted by Gasteiger charge is -2.19. The fourth-order valence-electron chi connectivity index (χ4n) is 3.22. The number of rotatable bonds is 1. The van der Waals surface area contributed by atoms with Crippen LogP contribution >= 0.6 is 0 Å². The minimum Gasteiger partial charge on any atom is -0.364 e. The van der Waals surface area contributed by atoms with Crippen LogP contribution in [0.25, 0.3) is 21.8 Å². The molecule has 23 heavy (non-hydrogen) atoms. The molecule has 1 aliphatic heterocycles. The van der Waals surface area contributed by atoms with Crippen LogP contribution in [0, 0.1) is 0 Å². The predicted octanol–water partition coefficient (Wildman–Crippen LogP) is 4.30. The Bertz CT molecular complexity index is 1040. The van der Waals surface area contributed by atoms with Gasteiger partial charge in [0.2, 0.25) is 0 Å². The summed E-state index contributed by atoms with van der Waals surface area (Å²) in [6, 6.07) is 18.6. The van der Waals surface area contributed by atoms with E-state index in [1.165, 1.54) is 5.69 Å². The molecule has 0 spiro atoms. The normalized spacial score (nSPS) is 13.3. The smallest absolute Gasteiger partial charge is 0.0928 e. The van der Waals surface area contributed by atoms with Crippen molar-refractivity contribution in [2.45, 2.75) is 0 Å². The molecule has 1 N–H and O–H groups in total. The number of nitrogens with one attached hydrogen (secondary N) is 1. The molecule has 0 radical (unpaired) electrons. The van der Waals surface area contributed by atoms with Crippen molar-refractivity contribution in [3.05, 3.63) is 67.0 Å². The first-order valence-corrected chi connectivity index (χ1v) is 7.64. The second-order valence-electron chi connectivity index (χ2n) is 5.69. The standard InChI is InChI=1S/C19H14N4/c1-3-7-16-13(5-1)9-14(10-20-16)23-12-22-18-11-21-17-8-4-2-6-15(17)19(18)23/h1-11,22H,12H2. The van der Waals surface area contributed by atoms with Gasteiger partial charge in [0.25, 0.3) is 0 Å². The quantitative estimate of drug-likeness (QED) is 0.568. The van der Waals surface area contributed by atoms with Crippen LogP contribution in [-0.4, -0.2) is 16.6 Å². The number of para-hydroxylation sites is 2. The molecule has 5 rings (SSSR count). The lowest BCUT2D eigenvalue weighted by molar-refractivity contribution is 1.09. The molecule has 1 aliphatic rings. The zero-order valence-electron chi connectivity index (χ0n) is 12.4.